The molecule has 0 aliphatic heterocycles. The van der Waals surface area contributed by atoms with Crippen LogP contribution in [0.5, 0.6) is 0 Å². The maximum atomic E-state index is 5.26. The molecule has 24 heavy (non-hydrogen) atoms. The van der Waals surface area contributed by atoms with Crippen LogP contribution in [0, 0.1) is 29.6 Å². The van der Waals surface area contributed by atoms with Gasteiger partial charge >= 0.3 is 0 Å². The van der Waals surface area contributed by atoms with Crippen molar-refractivity contribution in [2.75, 3.05) is 7.11 Å². The Morgan fingerprint density at radius 3 is 2.33 bits per heavy atom. The molecule has 0 bridgehead atoms. The third kappa shape index (κ3) is 4.79. The molecule has 3 aliphatic rings. The molecule has 138 valence electrons. The number of ether oxygens (including phenoxy) is 1. The van der Waals surface area contributed by atoms with Crippen LogP contribution in [0.15, 0.2) is 11.8 Å². The fourth-order valence-electron chi connectivity index (χ4n) is 6.13. The average Bonchev–Trinajstić information content (AvgIpc) is 2.62. The largest absolute Gasteiger partial charge is 0.504 e. The minimum Gasteiger partial charge on any atom is -0.504 e. The van der Waals surface area contributed by atoms with Crippen molar-refractivity contribution in [3.8, 4) is 0 Å². The van der Waals surface area contributed by atoms with Crippen molar-refractivity contribution in [1.29, 1.82) is 0 Å². The fourth-order valence-corrected chi connectivity index (χ4v) is 6.13. The topological polar surface area (TPSA) is 9.23 Å². The summed E-state index contributed by atoms with van der Waals surface area (Å²) in [4.78, 5) is 0. The molecule has 0 aromatic rings. The summed E-state index contributed by atoms with van der Waals surface area (Å²) in [6, 6.07) is 0. The molecule has 3 aliphatic carbocycles. The zero-order valence-corrected chi connectivity index (χ0v) is 16.3. The summed E-state index contributed by atoms with van der Waals surface area (Å²) in [5.74, 6) is 5.21. The lowest BCUT2D eigenvalue weighted by molar-refractivity contribution is 0.0873. The molecule has 3 rings (SSSR count). The van der Waals surface area contributed by atoms with E-state index in [1.54, 1.807) is 44.8 Å². The molecule has 0 N–H and O–H groups in total. The van der Waals surface area contributed by atoms with Crippen molar-refractivity contribution < 1.29 is 4.74 Å². The number of methoxy groups -OCH3 is 1. The Hall–Kier alpha value is -0.460. The van der Waals surface area contributed by atoms with Crippen LogP contribution in [0.4, 0.5) is 0 Å². The SMILES string of the molecule is CCCCCC1CCC(C2CCC3CC(=COC)CCC3C2)CC1. The molecule has 1 heteroatoms. The summed E-state index contributed by atoms with van der Waals surface area (Å²) in [6.45, 7) is 2.33. The first-order valence-electron chi connectivity index (χ1n) is 11.0. The first kappa shape index (κ1) is 18.3. The highest BCUT2D eigenvalue weighted by Crippen LogP contribution is 2.49. The molecule has 0 radical (unpaired) electrons. The predicted molar refractivity (Wildman–Crippen MR) is 103 cm³/mol. The Labute approximate surface area is 150 Å². The van der Waals surface area contributed by atoms with Crippen LogP contribution in [-0.4, -0.2) is 7.11 Å². The van der Waals surface area contributed by atoms with Crippen molar-refractivity contribution >= 4 is 0 Å². The van der Waals surface area contributed by atoms with Gasteiger partial charge in [-0.1, -0.05) is 45.4 Å². The van der Waals surface area contributed by atoms with Crippen LogP contribution in [0.25, 0.3) is 0 Å². The molecule has 0 aromatic carbocycles. The molecule has 0 aromatic heterocycles. The molecule has 3 atom stereocenters. The van der Waals surface area contributed by atoms with Gasteiger partial charge in [-0.2, -0.15) is 0 Å². The molecular formula is C23H40O. The Balaban J connectivity index is 1.41. The first-order chi connectivity index (χ1) is 11.8. The van der Waals surface area contributed by atoms with E-state index in [1.807, 2.05) is 6.26 Å². The van der Waals surface area contributed by atoms with Crippen molar-refractivity contribution in [3.63, 3.8) is 0 Å². The van der Waals surface area contributed by atoms with Gasteiger partial charge in [0.05, 0.1) is 13.4 Å². The van der Waals surface area contributed by atoms with E-state index in [1.165, 1.54) is 57.8 Å². The zero-order valence-electron chi connectivity index (χ0n) is 16.3. The van der Waals surface area contributed by atoms with Crippen molar-refractivity contribution in [1.82, 2.24) is 0 Å². The normalized spacial score (nSPS) is 38.8. The Kier molecular flexibility index (Phi) is 7.10. The number of hydrogen-bond acceptors (Lipinski definition) is 1. The number of hydrogen-bond donors (Lipinski definition) is 0. The van der Waals surface area contributed by atoms with Gasteiger partial charge in [-0.25, -0.2) is 0 Å². The summed E-state index contributed by atoms with van der Waals surface area (Å²) in [6.07, 6.45) is 22.7. The van der Waals surface area contributed by atoms with E-state index in [0.29, 0.717) is 0 Å². The smallest absolute Gasteiger partial charge is 0.0816 e. The van der Waals surface area contributed by atoms with Gasteiger partial charge in [-0.3, -0.25) is 0 Å². The first-order valence-corrected chi connectivity index (χ1v) is 11.0. The van der Waals surface area contributed by atoms with Gasteiger partial charge in [-0.15, -0.1) is 0 Å². The molecule has 0 spiro atoms. The van der Waals surface area contributed by atoms with Crippen molar-refractivity contribution in [2.45, 2.75) is 96.8 Å². The molecule has 0 amide bonds. The number of allylic oxidation sites excluding steroid dienone is 1. The van der Waals surface area contributed by atoms with Gasteiger partial charge in [0, 0.05) is 0 Å². The average molecular weight is 333 g/mol. The lowest BCUT2D eigenvalue weighted by atomic mass is 9.62. The Morgan fingerprint density at radius 1 is 0.875 bits per heavy atom. The summed E-state index contributed by atoms with van der Waals surface area (Å²) < 4.78 is 5.26. The highest BCUT2D eigenvalue weighted by molar-refractivity contribution is 5.06. The molecule has 1 nitrogen and oxygen atoms in total. The third-order valence-corrected chi connectivity index (χ3v) is 7.60. The molecule has 0 heterocycles. The summed E-state index contributed by atoms with van der Waals surface area (Å²) >= 11 is 0. The lowest BCUT2D eigenvalue weighted by Gasteiger charge is -2.44. The molecule has 3 unspecified atom stereocenters. The summed E-state index contributed by atoms with van der Waals surface area (Å²) in [5, 5.41) is 0. The van der Waals surface area contributed by atoms with Gasteiger partial charge in [0.15, 0.2) is 0 Å². The summed E-state index contributed by atoms with van der Waals surface area (Å²) in [7, 11) is 1.80. The van der Waals surface area contributed by atoms with Crippen LogP contribution < -0.4 is 0 Å². The van der Waals surface area contributed by atoms with E-state index >= 15 is 0 Å². The van der Waals surface area contributed by atoms with Crippen LogP contribution in [0.3, 0.4) is 0 Å². The lowest BCUT2D eigenvalue weighted by Crippen LogP contribution is -2.33. The van der Waals surface area contributed by atoms with E-state index in [4.69, 9.17) is 4.74 Å². The maximum absolute atomic E-state index is 5.26. The number of unbranched alkanes of at least 4 members (excludes halogenated alkanes) is 2. The molecule has 3 saturated carbocycles. The molecule has 0 saturated heterocycles. The Morgan fingerprint density at radius 2 is 1.58 bits per heavy atom. The van der Waals surface area contributed by atoms with Crippen LogP contribution >= 0.6 is 0 Å². The fraction of sp³-hybridized carbons (Fsp3) is 0.913. The van der Waals surface area contributed by atoms with E-state index in [9.17, 15) is 0 Å². The predicted octanol–water partition coefficient (Wildman–Crippen LogP) is 7.12. The van der Waals surface area contributed by atoms with Crippen LogP contribution in [0.2, 0.25) is 0 Å². The minimum absolute atomic E-state index is 0.974. The van der Waals surface area contributed by atoms with E-state index < -0.39 is 0 Å². The van der Waals surface area contributed by atoms with Crippen molar-refractivity contribution in [3.05, 3.63) is 11.8 Å². The minimum atomic E-state index is 0.974. The Bertz CT molecular complexity index is 391. The van der Waals surface area contributed by atoms with Gasteiger partial charge in [0.25, 0.3) is 0 Å². The number of rotatable bonds is 6. The maximum Gasteiger partial charge on any atom is 0.0816 e. The van der Waals surface area contributed by atoms with E-state index in [0.717, 1.165) is 29.6 Å². The second-order valence-corrected chi connectivity index (χ2v) is 9.12. The quantitative estimate of drug-likeness (QED) is 0.371. The van der Waals surface area contributed by atoms with Crippen molar-refractivity contribution in [2.24, 2.45) is 29.6 Å². The molecule has 3 fully saturated rings. The van der Waals surface area contributed by atoms with Gasteiger partial charge in [-0.05, 0) is 86.5 Å². The summed E-state index contributed by atoms with van der Waals surface area (Å²) in [5.41, 5.74) is 1.57. The van der Waals surface area contributed by atoms with Gasteiger partial charge in [0.2, 0.25) is 0 Å². The highest BCUT2D eigenvalue weighted by atomic mass is 16.5. The van der Waals surface area contributed by atoms with Crippen LogP contribution in [0.1, 0.15) is 96.8 Å². The van der Waals surface area contributed by atoms with E-state index in [2.05, 4.69) is 6.92 Å². The van der Waals surface area contributed by atoms with Gasteiger partial charge < -0.3 is 4.74 Å². The monoisotopic (exact) mass is 332 g/mol. The zero-order chi connectivity index (χ0) is 16.8. The highest BCUT2D eigenvalue weighted by Gasteiger charge is 2.37. The standard InChI is InChI=1S/C23H40O/c1-3-4-5-6-18-7-10-20(11-8-18)22-14-13-21-15-19(17-24-2)9-12-23(21)16-22/h17-18,20-23H,3-16H2,1-2H3. The second-order valence-electron chi connectivity index (χ2n) is 9.12. The third-order valence-electron chi connectivity index (χ3n) is 7.60. The van der Waals surface area contributed by atoms with Crippen LogP contribution in [-0.2, 0) is 4.74 Å². The number of fused-ring (bicyclic) bond motifs is 1. The van der Waals surface area contributed by atoms with Gasteiger partial charge in [0.1, 0.15) is 0 Å². The van der Waals surface area contributed by atoms with E-state index in [-0.39, 0.29) is 0 Å². The molecular weight excluding hydrogens is 292 g/mol. The second kappa shape index (κ2) is 9.30.